The van der Waals surface area contributed by atoms with E-state index in [2.05, 4.69) is 10.5 Å². The van der Waals surface area contributed by atoms with Gasteiger partial charge >= 0.3 is 6.09 Å². The van der Waals surface area contributed by atoms with Crippen molar-refractivity contribution in [2.75, 3.05) is 6.61 Å². The third-order valence-electron chi connectivity index (χ3n) is 0.889. The molecule has 0 radical (unpaired) electrons. The average molecular weight is 133 g/mol. The monoisotopic (exact) mass is 133 g/mol. The van der Waals surface area contributed by atoms with Crippen LogP contribution in [0.1, 0.15) is 13.3 Å². The number of hydrogen-bond acceptors (Lipinski definition) is 3. The smallest absolute Gasteiger partial charge is 0.404 e. The van der Waals surface area contributed by atoms with Crippen LogP contribution in [0.4, 0.5) is 4.79 Å². The number of ether oxygens (including phenoxy) is 1. The number of amides is 1. The first kappa shape index (κ1) is 8.23. The molecule has 0 fully saturated rings. The van der Waals surface area contributed by atoms with Gasteiger partial charge in [-0.1, -0.05) is 6.92 Å². The van der Waals surface area contributed by atoms with E-state index < -0.39 is 12.2 Å². The molecule has 4 nitrogen and oxygen atoms in total. The highest BCUT2D eigenvalue weighted by molar-refractivity contribution is 5.64. The topological polar surface area (TPSA) is 72.6 Å². The minimum Gasteiger partial charge on any atom is -0.447 e. The molecule has 0 aromatic heterocycles. The van der Waals surface area contributed by atoms with Crippen molar-refractivity contribution in [1.29, 1.82) is 0 Å². The van der Waals surface area contributed by atoms with Gasteiger partial charge in [-0.05, 0) is 6.42 Å². The van der Waals surface area contributed by atoms with Crippen LogP contribution < -0.4 is 5.73 Å². The fraction of sp³-hybridized carbons (Fsp3) is 0.800. The Morgan fingerprint density at radius 3 is 2.78 bits per heavy atom. The molecule has 9 heavy (non-hydrogen) atoms. The Balaban J connectivity index is 3.16. The molecule has 0 rings (SSSR count). The third-order valence-corrected chi connectivity index (χ3v) is 0.889. The number of carbonyl (C=O) groups excluding carboxylic acids is 1. The van der Waals surface area contributed by atoms with Crippen molar-refractivity contribution in [1.82, 2.24) is 0 Å². The van der Waals surface area contributed by atoms with E-state index in [4.69, 9.17) is 5.11 Å². The lowest BCUT2D eigenvalue weighted by molar-refractivity contribution is 0.0709. The zero-order valence-electron chi connectivity index (χ0n) is 5.33. The van der Waals surface area contributed by atoms with Crippen LogP contribution in [0.25, 0.3) is 0 Å². The second-order valence-electron chi connectivity index (χ2n) is 1.69. The van der Waals surface area contributed by atoms with Crippen molar-refractivity contribution in [3.05, 3.63) is 0 Å². The van der Waals surface area contributed by atoms with Crippen LogP contribution in [0.2, 0.25) is 0 Å². The number of hydrogen-bond donors (Lipinski definition) is 2. The van der Waals surface area contributed by atoms with Crippen LogP contribution in [-0.2, 0) is 4.74 Å². The molecule has 0 aromatic rings. The van der Waals surface area contributed by atoms with Gasteiger partial charge in [0.1, 0.15) is 6.61 Å². The molecule has 0 unspecified atom stereocenters. The zero-order chi connectivity index (χ0) is 7.28. The number of nitrogens with two attached hydrogens (primary N) is 1. The van der Waals surface area contributed by atoms with Crippen LogP contribution >= 0.6 is 0 Å². The first-order valence-corrected chi connectivity index (χ1v) is 2.77. The average Bonchev–Trinajstić information content (AvgIpc) is 1.83. The van der Waals surface area contributed by atoms with Crippen LogP contribution in [0.5, 0.6) is 0 Å². The van der Waals surface area contributed by atoms with E-state index in [1.807, 2.05) is 0 Å². The molecule has 0 spiro atoms. The number of rotatable bonds is 3. The summed E-state index contributed by atoms with van der Waals surface area (Å²) in [6, 6.07) is 0. The van der Waals surface area contributed by atoms with Crippen molar-refractivity contribution in [3.63, 3.8) is 0 Å². The van der Waals surface area contributed by atoms with Gasteiger partial charge in [0, 0.05) is 0 Å². The first-order chi connectivity index (χ1) is 4.16. The minimum atomic E-state index is -0.845. The summed E-state index contributed by atoms with van der Waals surface area (Å²) in [4.78, 5) is 9.91. The molecule has 0 aliphatic carbocycles. The van der Waals surface area contributed by atoms with Gasteiger partial charge in [0.25, 0.3) is 0 Å². The lowest BCUT2D eigenvalue weighted by Gasteiger charge is -2.05. The van der Waals surface area contributed by atoms with Gasteiger partial charge in [0.2, 0.25) is 0 Å². The Hall–Kier alpha value is -0.770. The lowest BCUT2D eigenvalue weighted by Crippen LogP contribution is -2.21. The highest BCUT2D eigenvalue weighted by Gasteiger charge is 2.01. The van der Waals surface area contributed by atoms with Crippen molar-refractivity contribution in [2.24, 2.45) is 5.73 Å². The van der Waals surface area contributed by atoms with Crippen LogP contribution in [0.3, 0.4) is 0 Å². The third kappa shape index (κ3) is 5.10. The molecule has 1 amide bonds. The van der Waals surface area contributed by atoms with Gasteiger partial charge in [-0.25, -0.2) is 4.79 Å². The maximum atomic E-state index is 9.91. The summed E-state index contributed by atoms with van der Waals surface area (Å²) in [5, 5.41) is 8.77. The maximum Gasteiger partial charge on any atom is 0.404 e. The molecular formula is C5H11NO3. The van der Waals surface area contributed by atoms with E-state index in [0.29, 0.717) is 6.42 Å². The molecule has 0 aliphatic heterocycles. The second-order valence-corrected chi connectivity index (χ2v) is 1.69. The standard InChI is InChI=1S/C5H11NO3/c1-2-4(7)3-9-5(6)8/h4,7H,2-3H2,1H3,(H2,6,8)/t4-/m1/s1. The highest BCUT2D eigenvalue weighted by atomic mass is 16.6. The van der Waals surface area contributed by atoms with Crippen molar-refractivity contribution >= 4 is 6.09 Å². The predicted molar refractivity (Wildman–Crippen MR) is 31.8 cm³/mol. The van der Waals surface area contributed by atoms with Gasteiger partial charge in [-0.15, -0.1) is 0 Å². The molecule has 3 N–H and O–H groups in total. The van der Waals surface area contributed by atoms with E-state index in [9.17, 15) is 4.79 Å². The largest absolute Gasteiger partial charge is 0.447 e. The predicted octanol–water partition coefficient (Wildman–Crippen LogP) is -0.147. The maximum absolute atomic E-state index is 9.91. The zero-order valence-corrected chi connectivity index (χ0v) is 5.33. The van der Waals surface area contributed by atoms with Gasteiger partial charge in [0.15, 0.2) is 0 Å². The molecule has 4 heteroatoms. The van der Waals surface area contributed by atoms with Crippen molar-refractivity contribution < 1.29 is 14.6 Å². The summed E-state index contributed by atoms with van der Waals surface area (Å²) in [5.41, 5.74) is 4.62. The summed E-state index contributed by atoms with van der Waals surface area (Å²) < 4.78 is 4.28. The van der Waals surface area contributed by atoms with Gasteiger partial charge < -0.3 is 15.6 Å². The fourth-order valence-electron chi connectivity index (χ4n) is 0.296. The van der Waals surface area contributed by atoms with Gasteiger partial charge in [0.05, 0.1) is 6.10 Å². The van der Waals surface area contributed by atoms with Gasteiger partial charge in [-0.2, -0.15) is 0 Å². The summed E-state index contributed by atoms with van der Waals surface area (Å²) in [7, 11) is 0. The molecule has 0 heterocycles. The van der Waals surface area contributed by atoms with E-state index in [-0.39, 0.29) is 6.61 Å². The van der Waals surface area contributed by atoms with E-state index in [0.717, 1.165) is 0 Å². The molecule has 0 aliphatic rings. The Morgan fingerprint density at radius 1 is 1.89 bits per heavy atom. The highest BCUT2D eigenvalue weighted by Crippen LogP contribution is 1.89. The summed E-state index contributed by atoms with van der Waals surface area (Å²) in [5.74, 6) is 0. The second kappa shape index (κ2) is 4.14. The number of carbonyl (C=O) groups is 1. The molecule has 54 valence electrons. The lowest BCUT2D eigenvalue weighted by atomic mass is 10.3. The molecule has 0 saturated carbocycles. The molecular weight excluding hydrogens is 122 g/mol. The first-order valence-electron chi connectivity index (χ1n) is 2.77. The fourth-order valence-corrected chi connectivity index (χ4v) is 0.296. The summed E-state index contributed by atoms with van der Waals surface area (Å²) in [6.45, 7) is 1.78. The van der Waals surface area contributed by atoms with E-state index >= 15 is 0 Å². The van der Waals surface area contributed by atoms with Crippen LogP contribution in [0, 0.1) is 0 Å². The Bertz CT molecular complexity index is 94.2. The molecule has 0 aromatic carbocycles. The Labute approximate surface area is 53.6 Å². The number of aliphatic hydroxyl groups excluding tert-OH is 1. The van der Waals surface area contributed by atoms with Crippen LogP contribution in [-0.4, -0.2) is 23.9 Å². The molecule has 0 saturated heterocycles. The molecule has 1 atom stereocenters. The summed E-state index contributed by atoms with van der Waals surface area (Å²) >= 11 is 0. The minimum absolute atomic E-state index is 0.00810. The normalized spacial score (nSPS) is 12.7. The van der Waals surface area contributed by atoms with Crippen molar-refractivity contribution in [3.8, 4) is 0 Å². The van der Waals surface area contributed by atoms with Crippen molar-refractivity contribution in [2.45, 2.75) is 19.4 Å². The molecule has 0 bridgehead atoms. The number of aliphatic hydroxyl groups is 1. The SMILES string of the molecule is CC[C@@H](O)COC(N)=O. The Kier molecular flexibility index (Phi) is 3.79. The van der Waals surface area contributed by atoms with E-state index in [1.165, 1.54) is 0 Å². The Morgan fingerprint density at radius 2 is 2.44 bits per heavy atom. The van der Waals surface area contributed by atoms with Crippen LogP contribution in [0.15, 0.2) is 0 Å². The quantitative estimate of drug-likeness (QED) is 0.562. The summed E-state index contributed by atoms with van der Waals surface area (Å²) in [6.07, 6.45) is -0.868. The number of primary amides is 1. The van der Waals surface area contributed by atoms with Gasteiger partial charge in [-0.3, -0.25) is 0 Å². The van der Waals surface area contributed by atoms with E-state index in [1.54, 1.807) is 6.92 Å².